The van der Waals surface area contributed by atoms with Crippen molar-refractivity contribution in [2.75, 3.05) is 6.54 Å². The van der Waals surface area contributed by atoms with E-state index in [1.165, 1.54) is 6.26 Å². The lowest BCUT2D eigenvalue weighted by Gasteiger charge is -2.22. The van der Waals surface area contributed by atoms with Gasteiger partial charge in [-0.15, -0.1) is 0 Å². The minimum Gasteiger partial charge on any atom is -0.469 e. The van der Waals surface area contributed by atoms with Crippen molar-refractivity contribution in [3.05, 3.63) is 35.5 Å². The van der Waals surface area contributed by atoms with Gasteiger partial charge in [-0.05, 0) is 32.9 Å². The second-order valence-corrected chi connectivity index (χ2v) is 7.04. The molecule has 1 unspecified atom stereocenters. The fourth-order valence-corrected chi connectivity index (χ4v) is 3.64. The monoisotopic (exact) mass is 313 g/mol. The Kier molecular flexibility index (Phi) is 4.22. The third-order valence-corrected chi connectivity index (χ3v) is 4.77. The van der Waals surface area contributed by atoms with Gasteiger partial charge in [-0.3, -0.25) is 5.10 Å². The Morgan fingerprint density at radius 1 is 1.48 bits per heavy atom. The van der Waals surface area contributed by atoms with Crippen molar-refractivity contribution in [1.29, 1.82) is 0 Å². The number of H-pyrrole nitrogens is 1. The highest BCUT2D eigenvalue weighted by molar-refractivity contribution is 7.89. The molecule has 2 rings (SSSR count). The lowest BCUT2D eigenvalue weighted by molar-refractivity contribution is 0.0603. The number of aromatic amines is 1. The van der Waals surface area contributed by atoms with Crippen molar-refractivity contribution in [3.8, 4) is 0 Å². The van der Waals surface area contributed by atoms with Crippen LogP contribution in [-0.2, 0) is 16.4 Å². The van der Waals surface area contributed by atoms with Gasteiger partial charge in [0.25, 0.3) is 0 Å². The van der Waals surface area contributed by atoms with Crippen LogP contribution in [0.25, 0.3) is 0 Å². The van der Waals surface area contributed by atoms with Crippen LogP contribution in [0.15, 0.2) is 27.7 Å². The number of hydrogen-bond donors (Lipinski definition) is 3. The highest BCUT2D eigenvalue weighted by atomic mass is 32.2. The van der Waals surface area contributed by atoms with E-state index in [-0.39, 0.29) is 17.9 Å². The average Bonchev–Trinajstić information content (AvgIpc) is 2.97. The van der Waals surface area contributed by atoms with Gasteiger partial charge in [0.1, 0.15) is 10.7 Å². The number of aryl methyl sites for hydroxylation is 2. The summed E-state index contributed by atoms with van der Waals surface area (Å²) >= 11 is 0. The Morgan fingerprint density at radius 2 is 2.19 bits per heavy atom. The number of aromatic nitrogens is 2. The summed E-state index contributed by atoms with van der Waals surface area (Å²) in [5.74, 6) is 0.592. The van der Waals surface area contributed by atoms with Gasteiger partial charge in [0.05, 0.1) is 23.3 Å². The van der Waals surface area contributed by atoms with Gasteiger partial charge >= 0.3 is 0 Å². The molecule has 0 saturated heterocycles. The van der Waals surface area contributed by atoms with E-state index in [4.69, 9.17) is 4.42 Å². The molecule has 2 aromatic rings. The van der Waals surface area contributed by atoms with E-state index in [1.807, 2.05) is 0 Å². The summed E-state index contributed by atoms with van der Waals surface area (Å²) in [6.45, 7) is 4.67. The zero-order chi connectivity index (χ0) is 15.7. The van der Waals surface area contributed by atoms with E-state index < -0.39 is 15.6 Å². The van der Waals surface area contributed by atoms with Crippen LogP contribution in [0.5, 0.6) is 0 Å². The van der Waals surface area contributed by atoms with Gasteiger partial charge in [-0.1, -0.05) is 0 Å². The van der Waals surface area contributed by atoms with Gasteiger partial charge in [0.2, 0.25) is 10.0 Å². The average molecular weight is 313 g/mol. The summed E-state index contributed by atoms with van der Waals surface area (Å²) in [5.41, 5.74) is -0.396. The summed E-state index contributed by atoms with van der Waals surface area (Å²) < 4.78 is 32.1. The second-order valence-electron chi connectivity index (χ2n) is 5.34. The minimum absolute atomic E-state index is 0.122. The van der Waals surface area contributed by atoms with Crippen LogP contribution in [0.3, 0.4) is 0 Å². The Labute approximate surface area is 123 Å². The van der Waals surface area contributed by atoms with Gasteiger partial charge < -0.3 is 9.52 Å². The predicted molar refractivity (Wildman–Crippen MR) is 76.3 cm³/mol. The quantitative estimate of drug-likeness (QED) is 0.734. The smallest absolute Gasteiger partial charge is 0.244 e. The standard InChI is InChI=1S/C13H19N3O4S/c1-9-12(10(2)16-15-9)21(18,19)14-8-13(3,17)7-11-5-4-6-20-11/h4-6,14,17H,7-8H2,1-3H3,(H,15,16). The molecule has 0 aliphatic heterocycles. The molecule has 21 heavy (non-hydrogen) atoms. The van der Waals surface area contributed by atoms with Crippen LogP contribution in [-0.4, -0.2) is 35.9 Å². The molecule has 2 heterocycles. The van der Waals surface area contributed by atoms with Gasteiger partial charge in [0.15, 0.2) is 0 Å². The molecule has 0 bridgehead atoms. The summed E-state index contributed by atoms with van der Waals surface area (Å²) in [7, 11) is -3.72. The van der Waals surface area contributed by atoms with Crippen LogP contribution in [0, 0.1) is 13.8 Å². The number of rotatable bonds is 6. The van der Waals surface area contributed by atoms with Crippen LogP contribution < -0.4 is 4.72 Å². The van der Waals surface area contributed by atoms with Gasteiger partial charge in [-0.2, -0.15) is 5.10 Å². The van der Waals surface area contributed by atoms with E-state index >= 15 is 0 Å². The lowest BCUT2D eigenvalue weighted by Crippen LogP contribution is -2.42. The molecule has 7 nitrogen and oxygen atoms in total. The highest BCUT2D eigenvalue weighted by Gasteiger charge is 2.28. The highest BCUT2D eigenvalue weighted by Crippen LogP contribution is 2.18. The molecule has 0 saturated carbocycles. The number of aliphatic hydroxyl groups is 1. The molecule has 0 aliphatic rings. The molecule has 0 spiro atoms. The first kappa shape index (κ1) is 15.7. The van der Waals surface area contributed by atoms with Crippen molar-refractivity contribution in [2.45, 2.75) is 37.7 Å². The van der Waals surface area contributed by atoms with Crippen molar-refractivity contribution >= 4 is 10.0 Å². The maximum absolute atomic E-state index is 12.3. The number of hydrogen-bond acceptors (Lipinski definition) is 5. The summed E-state index contributed by atoms with van der Waals surface area (Å²) in [5, 5.41) is 16.8. The third kappa shape index (κ3) is 3.72. The van der Waals surface area contributed by atoms with Gasteiger partial charge in [-0.25, -0.2) is 13.1 Å². The zero-order valence-electron chi connectivity index (χ0n) is 12.2. The van der Waals surface area contributed by atoms with Gasteiger partial charge in [0, 0.05) is 13.0 Å². The molecular formula is C13H19N3O4S. The van der Waals surface area contributed by atoms with Crippen molar-refractivity contribution in [3.63, 3.8) is 0 Å². The molecule has 3 N–H and O–H groups in total. The molecule has 0 fully saturated rings. The largest absolute Gasteiger partial charge is 0.469 e. The maximum atomic E-state index is 12.3. The van der Waals surface area contributed by atoms with E-state index in [2.05, 4.69) is 14.9 Å². The molecule has 1 atom stereocenters. The molecule has 8 heteroatoms. The molecular weight excluding hydrogens is 294 g/mol. The third-order valence-electron chi connectivity index (χ3n) is 3.11. The van der Waals surface area contributed by atoms with Crippen LogP contribution in [0.2, 0.25) is 0 Å². The van der Waals surface area contributed by atoms with Crippen molar-refractivity contribution in [1.82, 2.24) is 14.9 Å². The second kappa shape index (κ2) is 5.63. The topological polar surface area (TPSA) is 108 Å². The van der Waals surface area contributed by atoms with E-state index in [0.29, 0.717) is 17.1 Å². The zero-order valence-corrected chi connectivity index (χ0v) is 13.0. The number of sulfonamides is 1. The van der Waals surface area contributed by atoms with Crippen LogP contribution >= 0.6 is 0 Å². The maximum Gasteiger partial charge on any atom is 0.244 e. The van der Waals surface area contributed by atoms with Crippen molar-refractivity contribution in [2.24, 2.45) is 0 Å². The molecule has 0 aromatic carbocycles. The molecule has 0 aliphatic carbocycles. The Morgan fingerprint density at radius 3 is 2.71 bits per heavy atom. The Balaban J connectivity index is 2.08. The Bertz CT molecular complexity index is 682. The molecule has 2 aromatic heterocycles. The summed E-state index contributed by atoms with van der Waals surface area (Å²) in [4.78, 5) is 0.122. The number of nitrogens with zero attached hydrogens (tertiary/aromatic N) is 1. The summed E-state index contributed by atoms with van der Waals surface area (Å²) in [6.07, 6.45) is 1.72. The fraction of sp³-hybridized carbons (Fsp3) is 0.462. The van der Waals surface area contributed by atoms with E-state index in [9.17, 15) is 13.5 Å². The summed E-state index contributed by atoms with van der Waals surface area (Å²) in [6, 6.07) is 3.45. The molecule has 0 radical (unpaired) electrons. The normalized spacial score (nSPS) is 15.0. The first-order valence-corrected chi connectivity index (χ1v) is 7.95. The first-order valence-electron chi connectivity index (χ1n) is 6.47. The molecule has 0 amide bonds. The Hall–Kier alpha value is -1.64. The predicted octanol–water partition coefficient (Wildman–Crippen LogP) is 0.892. The van der Waals surface area contributed by atoms with E-state index in [0.717, 1.165) is 0 Å². The van der Waals surface area contributed by atoms with Crippen molar-refractivity contribution < 1.29 is 17.9 Å². The van der Waals surface area contributed by atoms with E-state index in [1.54, 1.807) is 32.9 Å². The van der Waals surface area contributed by atoms with Crippen LogP contribution in [0.4, 0.5) is 0 Å². The fourth-order valence-electron chi connectivity index (χ4n) is 2.11. The first-order chi connectivity index (χ1) is 9.71. The lowest BCUT2D eigenvalue weighted by atomic mass is 10.0. The molecule has 116 valence electrons. The number of furan rings is 1. The number of nitrogens with one attached hydrogen (secondary N) is 2. The van der Waals surface area contributed by atoms with Crippen LogP contribution in [0.1, 0.15) is 24.1 Å². The SMILES string of the molecule is Cc1n[nH]c(C)c1S(=O)(=O)NCC(C)(O)Cc1ccco1. The minimum atomic E-state index is -3.72.